The van der Waals surface area contributed by atoms with Crippen LogP contribution in [0, 0.1) is 0 Å². The van der Waals surface area contributed by atoms with E-state index in [-0.39, 0.29) is 0 Å². The highest BCUT2D eigenvalue weighted by Crippen LogP contribution is 2.26. The lowest BCUT2D eigenvalue weighted by Crippen LogP contribution is -2.46. The Hall–Kier alpha value is -1.18. The predicted molar refractivity (Wildman–Crippen MR) is 88.5 cm³/mol. The first kappa shape index (κ1) is 13.5. The summed E-state index contributed by atoms with van der Waals surface area (Å²) in [6.07, 6.45) is 6.59. The molecule has 0 atom stereocenters. The van der Waals surface area contributed by atoms with Crippen molar-refractivity contribution in [1.29, 1.82) is 0 Å². The van der Waals surface area contributed by atoms with Gasteiger partial charge in [-0.15, -0.1) is 22.7 Å². The molecule has 0 bridgehead atoms. The second-order valence-corrected chi connectivity index (χ2v) is 7.52. The Morgan fingerprint density at radius 3 is 2.52 bits per heavy atom. The summed E-state index contributed by atoms with van der Waals surface area (Å²) in [4.78, 5) is 15.1. The number of hydrogen-bond donors (Lipinski definition) is 1. The number of nitrogens with one attached hydrogen (secondary N) is 1. The van der Waals surface area contributed by atoms with Gasteiger partial charge >= 0.3 is 0 Å². The Morgan fingerprint density at radius 1 is 1.10 bits per heavy atom. The van der Waals surface area contributed by atoms with Gasteiger partial charge in [-0.3, -0.25) is 0 Å². The summed E-state index contributed by atoms with van der Waals surface area (Å²) in [5.74, 6) is 0. The zero-order chi connectivity index (χ0) is 14.1. The number of rotatable bonds is 5. The largest absolute Gasteiger partial charge is 0.345 e. The van der Waals surface area contributed by atoms with Gasteiger partial charge in [0.15, 0.2) is 10.3 Å². The van der Waals surface area contributed by atoms with E-state index in [4.69, 9.17) is 0 Å². The summed E-state index contributed by atoms with van der Waals surface area (Å²) < 4.78 is 0. The van der Waals surface area contributed by atoms with Crippen molar-refractivity contribution in [3.8, 4) is 0 Å². The first-order chi connectivity index (χ1) is 10.4. The maximum Gasteiger partial charge on any atom is 0.185 e. The van der Waals surface area contributed by atoms with Gasteiger partial charge in [-0.25, -0.2) is 9.97 Å². The van der Waals surface area contributed by atoms with Crippen LogP contribution < -0.4 is 15.1 Å². The lowest BCUT2D eigenvalue weighted by Gasteiger charge is -2.34. The second-order valence-electron chi connectivity index (χ2n) is 5.55. The van der Waals surface area contributed by atoms with Gasteiger partial charge in [-0.2, -0.15) is 0 Å². The quantitative estimate of drug-likeness (QED) is 0.914. The van der Waals surface area contributed by atoms with Gasteiger partial charge in [-0.05, 0) is 12.8 Å². The molecule has 2 aromatic rings. The van der Waals surface area contributed by atoms with Gasteiger partial charge < -0.3 is 15.1 Å². The first-order valence-electron chi connectivity index (χ1n) is 7.46. The van der Waals surface area contributed by atoms with Crippen LogP contribution in [0.1, 0.15) is 17.7 Å². The number of hydrogen-bond acceptors (Lipinski definition) is 7. The summed E-state index contributed by atoms with van der Waals surface area (Å²) in [5.41, 5.74) is 0. The average Bonchev–Trinajstić information content (AvgIpc) is 3.03. The van der Waals surface area contributed by atoms with Crippen LogP contribution in [0.25, 0.3) is 0 Å². The topological polar surface area (TPSA) is 44.3 Å². The number of nitrogens with zero attached hydrogens (tertiary/aromatic N) is 4. The zero-order valence-corrected chi connectivity index (χ0v) is 13.5. The molecular weight excluding hydrogens is 302 g/mol. The van der Waals surface area contributed by atoms with Gasteiger partial charge in [-0.1, -0.05) is 0 Å². The van der Waals surface area contributed by atoms with E-state index >= 15 is 0 Å². The molecule has 4 rings (SSSR count). The third-order valence-corrected chi connectivity index (χ3v) is 5.81. The number of aromatic nitrogens is 2. The Bertz CT molecular complexity index is 570. The molecule has 1 aliphatic heterocycles. The van der Waals surface area contributed by atoms with E-state index in [2.05, 4.69) is 25.1 Å². The molecule has 2 aromatic heterocycles. The van der Waals surface area contributed by atoms with Crippen LogP contribution in [-0.4, -0.2) is 42.2 Å². The number of anilines is 2. The Kier molecular flexibility index (Phi) is 3.79. The molecule has 0 unspecified atom stereocenters. The minimum Gasteiger partial charge on any atom is -0.345 e. The molecule has 0 spiro atoms. The number of piperazine rings is 1. The van der Waals surface area contributed by atoms with Gasteiger partial charge in [0.2, 0.25) is 0 Å². The van der Waals surface area contributed by atoms with E-state index in [1.165, 1.54) is 22.9 Å². The van der Waals surface area contributed by atoms with Gasteiger partial charge in [0, 0.05) is 61.4 Å². The molecule has 1 N–H and O–H groups in total. The highest BCUT2D eigenvalue weighted by molar-refractivity contribution is 7.15. The highest BCUT2D eigenvalue weighted by atomic mass is 32.1. The molecule has 7 heteroatoms. The Balaban J connectivity index is 1.32. The normalized spacial score (nSPS) is 19.2. The lowest BCUT2D eigenvalue weighted by molar-refractivity contribution is 0.650. The predicted octanol–water partition coefficient (Wildman–Crippen LogP) is 2.18. The molecule has 2 fully saturated rings. The third-order valence-electron chi connectivity index (χ3n) is 3.92. The SMILES string of the molecule is c1csc(N2CCN(c3ncc(CNC4CC4)s3)CC2)n1. The van der Waals surface area contributed by atoms with Crippen LogP contribution in [0.5, 0.6) is 0 Å². The van der Waals surface area contributed by atoms with Crippen molar-refractivity contribution < 1.29 is 0 Å². The second kappa shape index (κ2) is 5.90. The molecule has 21 heavy (non-hydrogen) atoms. The summed E-state index contributed by atoms with van der Waals surface area (Å²) in [5, 5.41) is 7.90. The fraction of sp³-hybridized carbons (Fsp3) is 0.571. The molecule has 1 saturated heterocycles. The van der Waals surface area contributed by atoms with E-state index < -0.39 is 0 Å². The highest BCUT2D eigenvalue weighted by Gasteiger charge is 2.22. The monoisotopic (exact) mass is 321 g/mol. The van der Waals surface area contributed by atoms with Gasteiger partial charge in [0.25, 0.3) is 0 Å². The molecular formula is C14H19N5S2. The lowest BCUT2D eigenvalue weighted by atomic mass is 10.3. The van der Waals surface area contributed by atoms with Crippen molar-refractivity contribution in [2.45, 2.75) is 25.4 Å². The minimum atomic E-state index is 0.761. The van der Waals surface area contributed by atoms with Crippen molar-refractivity contribution in [3.05, 3.63) is 22.7 Å². The fourth-order valence-corrected chi connectivity index (χ4v) is 4.13. The Morgan fingerprint density at radius 2 is 1.86 bits per heavy atom. The van der Waals surface area contributed by atoms with E-state index in [9.17, 15) is 0 Å². The Labute approximate surface area is 132 Å². The third kappa shape index (κ3) is 3.20. The summed E-state index contributed by atoms with van der Waals surface area (Å²) in [6.45, 7) is 5.10. The van der Waals surface area contributed by atoms with E-state index in [0.29, 0.717) is 0 Å². The first-order valence-corrected chi connectivity index (χ1v) is 9.15. The van der Waals surface area contributed by atoms with Crippen LogP contribution in [-0.2, 0) is 6.54 Å². The van der Waals surface area contributed by atoms with Crippen molar-refractivity contribution in [2.24, 2.45) is 0 Å². The molecule has 112 valence electrons. The van der Waals surface area contributed by atoms with Crippen molar-refractivity contribution in [1.82, 2.24) is 15.3 Å². The zero-order valence-electron chi connectivity index (χ0n) is 11.9. The smallest absolute Gasteiger partial charge is 0.185 e. The molecule has 5 nitrogen and oxygen atoms in total. The maximum atomic E-state index is 4.60. The molecule has 2 aliphatic rings. The van der Waals surface area contributed by atoms with Crippen LogP contribution >= 0.6 is 22.7 Å². The maximum absolute atomic E-state index is 4.60. The van der Waals surface area contributed by atoms with Gasteiger partial charge in [0.1, 0.15) is 0 Å². The standard InChI is InChI=1S/C14H19N5S2/c1-2-11(1)16-9-12-10-17-14(21-12)19-6-4-18(5-7-19)13-15-3-8-20-13/h3,8,10-11,16H,1-2,4-7,9H2. The van der Waals surface area contributed by atoms with Crippen LogP contribution in [0.2, 0.25) is 0 Å². The van der Waals surface area contributed by atoms with E-state index in [1.54, 1.807) is 11.3 Å². The summed E-state index contributed by atoms with van der Waals surface area (Å²) in [6, 6.07) is 0.761. The van der Waals surface area contributed by atoms with E-state index in [0.717, 1.165) is 43.9 Å². The minimum absolute atomic E-state index is 0.761. The van der Waals surface area contributed by atoms with Crippen LogP contribution in [0.4, 0.5) is 10.3 Å². The van der Waals surface area contributed by atoms with Gasteiger partial charge in [0.05, 0.1) is 0 Å². The average molecular weight is 321 g/mol. The molecule has 1 saturated carbocycles. The molecule has 0 amide bonds. The van der Waals surface area contributed by atoms with Crippen molar-refractivity contribution in [3.63, 3.8) is 0 Å². The molecule has 3 heterocycles. The summed E-state index contributed by atoms with van der Waals surface area (Å²) >= 11 is 3.55. The molecule has 0 aromatic carbocycles. The van der Waals surface area contributed by atoms with Crippen LogP contribution in [0.15, 0.2) is 17.8 Å². The molecule has 0 radical (unpaired) electrons. The fourth-order valence-electron chi connectivity index (χ4n) is 2.52. The number of thiazole rings is 2. The van der Waals surface area contributed by atoms with Crippen molar-refractivity contribution in [2.75, 3.05) is 36.0 Å². The van der Waals surface area contributed by atoms with E-state index in [1.807, 2.05) is 29.1 Å². The van der Waals surface area contributed by atoms with Crippen LogP contribution in [0.3, 0.4) is 0 Å². The molecule has 1 aliphatic carbocycles. The van der Waals surface area contributed by atoms with Crippen molar-refractivity contribution >= 4 is 32.9 Å². The summed E-state index contributed by atoms with van der Waals surface area (Å²) in [7, 11) is 0.